The van der Waals surface area contributed by atoms with Crippen LogP contribution in [0.2, 0.25) is 20.1 Å². The van der Waals surface area contributed by atoms with E-state index in [1.165, 1.54) is 0 Å². The third-order valence-electron chi connectivity index (χ3n) is 5.36. The van der Waals surface area contributed by atoms with Crippen LogP contribution >= 0.6 is 46.4 Å². The van der Waals surface area contributed by atoms with Gasteiger partial charge in [0.25, 0.3) is 0 Å². The summed E-state index contributed by atoms with van der Waals surface area (Å²) in [5.41, 5.74) is 2.21. The van der Waals surface area contributed by atoms with Gasteiger partial charge in [0.05, 0.1) is 21.1 Å². The number of imidazole rings is 1. The van der Waals surface area contributed by atoms with E-state index in [0.29, 0.717) is 37.9 Å². The van der Waals surface area contributed by atoms with Crippen molar-refractivity contribution in [3.05, 3.63) is 61.8 Å². The molecule has 0 radical (unpaired) electrons. The van der Waals surface area contributed by atoms with Crippen molar-refractivity contribution in [2.75, 3.05) is 13.1 Å². The molecule has 3 aromatic rings. The Morgan fingerprint density at radius 2 is 1.66 bits per heavy atom. The zero-order chi connectivity index (χ0) is 20.7. The molecule has 0 bridgehead atoms. The monoisotopic (exact) mass is 469 g/mol. The molecule has 152 valence electrons. The third-order valence-corrected chi connectivity index (χ3v) is 6.79. The van der Waals surface area contributed by atoms with Crippen molar-refractivity contribution >= 4 is 63.3 Å². The Balaban J connectivity index is 1.84. The van der Waals surface area contributed by atoms with E-state index in [-0.39, 0.29) is 5.91 Å². The highest BCUT2D eigenvalue weighted by Crippen LogP contribution is 2.33. The highest BCUT2D eigenvalue weighted by molar-refractivity contribution is 6.42. The molecule has 0 N–H and O–H groups in total. The van der Waals surface area contributed by atoms with Gasteiger partial charge in [-0.05, 0) is 49.6 Å². The van der Waals surface area contributed by atoms with E-state index in [9.17, 15) is 4.79 Å². The van der Waals surface area contributed by atoms with Gasteiger partial charge in [0.15, 0.2) is 0 Å². The number of amides is 1. The maximum absolute atomic E-state index is 13.1. The smallest absolute Gasteiger partial charge is 0.245 e. The standard InChI is InChI=1S/C21H19Cl4N3O/c1-12(21(29)27-7-2-3-8-27)28-19-11-17(25)16(24)10-18(19)26-20(28)9-13-14(22)5-4-6-15(13)23/h4-6,10-12H,2-3,7-9H2,1H3/t12-/m0/s1. The number of hydrogen-bond acceptors (Lipinski definition) is 2. The Morgan fingerprint density at radius 3 is 2.31 bits per heavy atom. The molecule has 1 saturated heterocycles. The minimum Gasteiger partial charge on any atom is -0.341 e. The van der Waals surface area contributed by atoms with Gasteiger partial charge >= 0.3 is 0 Å². The van der Waals surface area contributed by atoms with Crippen molar-refractivity contribution in [3.8, 4) is 0 Å². The van der Waals surface area contributed by atoms with Crippen LogP contribution in [0.5, 0.6) is 0 Å². The van der Waals surface area contributed by atoms with E-state index in [2.05, 4.69) is 0 Å². The first-order chi connectivity index (χ1) is 13.9. The predicted molar refractivity (Wildman–Crippen MR) is 120 cm³/mol. The Labute approximate surface area is 189 Å². The molecular formula is C21H19Cl4N3O. The summed E-state index contributed by atoms with van der Waals surface area (Å²) in [6.45, 7) is 3.46. The third kappa shape index (κ3) is 3.96. The van der Waals surface area contributed by atoms with Crippen molar-refractivity contribution in [2.45, 2.75) is 32.2 Å². The average molecular weight is 471 g/mol. The maximum atomic E-state index is 13.1. The number of fused-ring (bicyclic) bond motifs is 1. The van der Waals surface area contributed by atoms with Crippen LogP contribution in [-0.4, -0.2) is 33.4 Å². The SMILES string of the molecule is C[C@@H](C(=O)N1CCCC1)n1c(Cc2c(Cl)cccc2Cl)nc2cc(Cl)c(Cl)cc21. The van der Waals surface area contributed by atoms with E-state index in [4.69, 9.17) is 51.4 Å². The topological polar surface area (TPSA) is 38.1 Å². The molecule has 1 fully saturated rings. The lowest BCUT2D eigenvalue weighted by Gasteiger charge is -2.23. The second-order valence-electron chi connectivity index (χ2n) is 7.24. The zero-order valence-corrected chi connectivity index (χ0v) is 18.8. The Hall–Kier alpha value is -1.46. The highest BCUT2D eigenvalue weighted by atomic mass is 35.5. The molecule has 0 spiro atoms. The van der Waals surface area contributed by atoms with Gasteiger partial charge in [-0.3, -0.25) is 4.79 Å². The van der Waals surface area contributed by atoms with Gasteiger partial charge in [-0.25, -0.2) is 4.98 Å². The number of carbonyl (C=O) groups is 1. The summed E-state index contributed by atoms with van der Waals surface area (Å²) < 4.78 is 1.93. The summed E-state index contributed by atoms with van der Waals surface area (Å²) in [6.07, 6.45) is 2.46. The first-order valence-electron chi connectivity index (χ1n) is 9.44. The molecule has 2 heterocycles. The van der Waals surface area contributed by atoms with Crippen molar-refractivity contribution in [2.24, 2.45) is 0 Å². The van der Waals surface area contributed by atoms with Crippen LogP contribution in [0.15, 0.2) is 30.3 Å². The van der Waals surface area contributed by atoms with E-state index in [1.54, 1.807) is 30.3 Å². The fourth-order valence-electron chi connectivity index (χ4n) is 3.87. The first-order valence-corrected chi connectivity index (χ1v) is 11.0. The van der Waals surface area contributed by atoms with Gasteiger partial charge in [0.1, 0.15) is 11.9 Å². The van der Waals surface area contributed by atoms with Crippen LogP contribution in [-0.2, 0) is 11.2 Å². The predicted octanol–water partition coefficient (Wildman–Crippen LogP) is 6.42. The molecular weight excluding hydrogens is 452 g/mol. The van der Waals surface area contributed by atoms with Gasteiger partial charge in [-0.1, -0.05) is 52.5 Å². The number of rotatable bonds is 4. The molecule has 2 aromatic carbocycles. The number of halogens is 4. The minimum atomic E-state index is -0.438. The normalized spacial score (nSPS) is 15.3. The number of carbonyl (C=O) groups excluding carboxylic acids is 1. The molecule has 0 saturated carbocycles. The molecule has 1 aliphatic rings. The summed E-state index contributed by atoms with van der Waals surface area (Å²) in [5, 5.41) is 1.96. The lowest BCUT2D eigenvalue weighted by atomic mass is 10.1. The summed E-state index contributed by atoms with van der Waals surface area (Å²) in [5.74, 6) is 0.757. The molecule has 1 atom stereocenters. The average Bonchev–Trinajstić information content (AvgIpc) is 3.32. The van der Waals surface area contributed by atoms with Gasteiger partial charge in [0.2, 0.25) is 5.91 Å². The molecule has 0 unspecified atom stereocenters. The fourth-order valence-corrected chi connectivity index (χ4v) is 4.72. The number of aromatic nitrogens is 2. The summed E-state index contributed by atoms with van der Waals surface area (Å²) in [6, 6.07) is 8.44. The van der Waals surface area contributed by atoms with Gasteiger partial charge in [0, 0.05) is 29.6 Å². The number of likely N-dealkylation sites (tertiary alicyclic amines) is 1. The van der Waals surface area contributed by atoms with E-state index < -0.39 is 6.04 Å². The van der Waals surface area contributed by atoms with Gasteiger partial charge < -0.3 is 9.47 Å². The molecule has 29 heavy (non-hydrogen) atoms. The molecule has 1 amide bonds. The van der Waals surface area contributed by atoms with Crippen LogP contribution in [0.25, 0.3) is 11.0 Å². The van der Waals surface area contributed by atoms with Crippen molar-refractivity contribution in [3.63, 3.8) is 0 Å². The lowest BCUT2D eigenvalue weighted by molar-refractivity contribution is -0.133. The first kappa shape index (κ1) is 20.8. The molecule has 1 aromatic heterocycles. The van der Waals surface area contributed by atoms with Gasteiger partial charge in [-0.2, -0.15) is 0 Å². The molecule has 0 aliphatic carbocycles. The lowest BCUT2D eigenvalue weighted by Crippen LogP contribution is -2.34. The summed E-state index contributed by atoms with van der Waals surface area (Å²) in [7, 11) is 0. The zero-order valence-electron chi connectivity index (χ0n) is 15.8. The Kier molecular flexibility index (Phi) is 5.99. The number of benzene rings is 2. The quantitative estimate of drug-likeness (QED) is 0.440. The summed E-state index contributed by atoms with van der Waals surface area (Å²) in [4.78, 5) is 19.8. The van der Waals surface area contributed by atoms with Crippen LogP contribution in [0.4, 0.5) is 0 Å². The van der Waals surface area contributed by atoms with Crippen LogP contribution in [0.3, 0.4) is 0 Å². The second kappa shape index (κ2) is 8.35. The van der Waals surface area contributed by atoms with Crippen molar-refractivity contribution in [1.82, 2.24) is 14.5 Å². The molecule has 8 heteroatoms. The minimum absolute atomic E-state index is 0.0689. The Bertz CT molecular complexity index is 1070. The fraction of sp³-hybridized carbons (Fsp3) is 0.333. The largest absolute Gasteiger partial charge is 0.341 e. The van der Waals surface area contributed by atoms with E-state index in [0.717, 1.165) is 37.0 Å². The number of nitrogens with zero attached hydrogens (tertiary/aromatic N) is 3. The summed E-state index contributed by atoms with van der Waals surface area (Å²) >= 11 is 25.3. The number of hydrogen-bond donors (Lipinski definition) is 0. The van der Waals surface area contributed by atoms with E-state index in [1.807, 2.05) is 16.4 Å². The van der Waals surface area contributed by atoms with E-state index >= 15 is 0 Å². The van der Waals surface area contributed by atoms with Crippen LogP contribution in [0, 0.1) is 0 Å². The van der Waals surface area contributed by atoms with Gasteiger partial charge in [-0.15, -0.1) is 0 Å². The molecule has 4 nitrogen and oxygen atoms in total. The van der Waals surface area contributed by atoms with Crippen molar-refractivity contribution < 1.29 is 4.79 Å². The highest BCUT2D eigenvalue weighted by Gasteiger charge is 2.28. The maximum Gasteiger partial charge on any atom is 0.245 e. The Morgan fingerprint density at radius 1 is 1.03 bits per heavy atom. The molecule has 4 rings (SSSR count). The second-order valence-corrected chi connectivity index (χ2v) is 8.87. The molecule has 1 aliphatic heterocycles. The van der Waals surface area contributed by atoms with Crippen LogP contribution in [0.1, 0.15) is 37.2 Å². The van der Waals surface area contributed by atoms with Crippen LogP contribution < -0.4 is 0 Å². The van der Waals surface area contributed by atoms with Crippen molar-refractivity contribution in [1.29, 1.82) is 0 Å².